The zero-order chi connectivity index (χ0) is 28.4. The normalized spacial score (nSPS) is 12.1. The largest absolute Gasteiger partial charge is 0.330 e. The molecule has 0 fully saturated rings. The van der Waals surface area contributed by atoms with Gasteiger partial charge < -0.3 is 27.4 Å². The Bertz CT molecular complexity index is 386. The number of hydrogen-bond donors (Lipinski definition) is 4. The summed E-state index contributed by atoms with van der Waals surface area (Å²) in [4.78, 5) is 2.55. The van der Waals surface area contributed by atoms with Gasteiger partial charge in [-0.15, -0.1) is 0 Å². The van der Waals surface area contributed by atoms with E-state index in [0.717, 1.165) is 52.1 Å². The first-order valence-corrected chi connectivity index (χ1v) is 17.2. The van der Waals surface area contributed by atoms with Crippen molar-refractivity contribution in [1.82, 2.24) is 10.2 Å². The Morgan fingerprint density at radius 2 is 0.816 bits per heavy atom. The number of nitrogens with one attached hydrogen (secondary N) is 1. The first-order valence-electron chi connectivity index (χ1n) is 17.2. The zero-order valence-electron chi connectivity index (χ0n) is 26.8. The third-order valence-electron chi connectivity index (χ3n) is 7.56. The van der Waals surface area contributed by atoms with Crippen molar-refractivity contribution in [2.24, 2.45) is 17.2 Å². The van der Waals surface area contributed by atoms with E-state index in [1.807, 2.05) is 0 Å². The van der Waals surface area contributed by atoms with Crippen molar-refractivity contribution in [3.05, 3.63) is 0 Å². The lowest BCUT2D eigenvalue weighted by Crippen LogP contribution is -2.33. The molecular formula is C33H75N5. The summed E-state index contributed by atoms with van der Waals surface area (Å²) in [5, 5.41) is 3.43. The first-order chi connectivity index (χ1) is 18.7. The van der Waals surface area contributed by atoms with Crippen molar-refractivity contribution in [3.63, 3.8) is 0 Å². The van der Waals surface area contributed by atoms with Crippen molar-refractivity contribution in [3.8, 4) is 0 Å². The molecule has 0 bridgehead atoms. The molecule has 0 aliphatic carbocycles. The fraction of sp³-hybridized carbons (Fsp3) is 1.00. The molecule has 5 heteroatoms. The van der Waals surface area contributed by atoms with E-state index < -0.39 is 0 Å². The molecule has 0 spiro atoms. The fourth-order valence-corrected chi connectivity index (χ4v) is 4.83. The molecule has 0 amide bonds. The summed E-state index contributed by atoms with van der Waals surface area (Å²) in [5.74, 6) is 0. The number of hydrogen-bond acceptors (Lipinski definition) is 5. The second kappa shape index (κ2) is 36.8. The highest BCUT2D eigenvalue weighted by atomic mass is 15.1. The molecule has 0 aromatic heterocycles. The van der Waals surface area contributed by atoms with Crippen LogP contribution in [0.2, 0.25) is 0 Å². The minimum absolute atomic E-state index is 0.480. The summed E-state index contributed by atoms with van der Waals surface area (Å²) < 4.78 is 0. The summed E-state index contributed by atoms with van der Waals surface area (Å²) in [6.45, 7) is 13.7. The Balaban J connectivity index is 0. The predicted octanol–water partition coefficient (Wildman–Crippen LogP) is 7.75. The second-order valence-corrected chi connectivity index (χ2v) is 11.6. The van der Waals surface area contributed by atoms with E-state index >= 15 is 0 Å². The van der Waals surface area contributed by atoms with Crippen LogP contribution in [-0.4, -0.2) is 56.8 Å². The lowest BCUT2D eigenvalue weighted by atomic mass is 10.1. The number of unbranched alkanes of at least 4 members (excludes halogenated alkanes) is 18. The highest BCUT2D eigenvalue weighted by Gasteiger charge is 2.03. The summed E-state index contributed by atoms with van der Waals surface area (Å²) >= 11 is 0. The molecule has 0 aromatic rings. The minimum atomic E-state index is 0.480. The van der Waals surface area contributed by atoms with Gasteiger partial charge in [-0.3, -0.25) is 0 Å². The Labute approximate surface area is 241 Å². The van der Waals surface area contributed by atoms with Crippen LogP contribution in [0.1, 0.15) is 162 Å². The molecule has 1 atom stereocenters. The monoisotopic (exact) mass is 542 g/mol. The van der Waals surface area contributed by atoms with Crippen LogP contribution in [0.15, 0.2) is 0 Å². The van der Waals surface area contributed by atoms with E-state index in [1.54, 1.807) is 0 Å². The van der Waals surface area contributed by atoms with E-state index in [0.29, 0.717) is 6.04 Å². The van der Waals surface area contributed by atoms with Gasteiger partial charge in [0, 0.05) is 12.6 Å². The van der Waals surface area contributed by atoms with E-state index in [4.69, 9.17) is 17.2 Å². The number of nitrogens with two attached hydrogens (primary N) is 3. The molecule has 0 heterocycles. The lowest BCUT2D eigenvalue weighted by molar-refractivity contribution is 0.263. The molecule has 232 valence electrons. The maximum atomic E-state index is 5.61. The summed E-state index contributed by atoms with van der Waals surface area (Å²) in [6.07, 6.45) is 30.4. The Morgan fingerprint density at radius 3 is 1.18 bits per heavy atom. The van der Waals surface area contributed by atoms with Crippen molar-refractivity contribution in [2.45, 2.75) is 168 Å². The highest BCUT2D eigenvalue weighted by molar-refractivity contribution is 4.61. The van der Waals surface area contributed by atoms with Crippen molar-refractivity contribution in [2.75, 3.05) is 45.8 Å². The third kappa shape index (κ3) is 35.8. The van der Waals surface area contributed by atoms with E-state index in [1.165, 1.54) is 135 Å². The van der Waals surface area contributed by atoms with Crippen LogP contribution >= 0.6 is 0 Å². The van der Waals surface area contributed by atoms with Gasteiger partial charge >= 0.3 is 0 Å². The second-order valence-electron chi connectivity index (χ2n) is 11.6. The average molecular weight is 542 g/mol. The molecule has 0 aliphatic heterocycles. The van der Waals surface area contributed by atoms with Gasteiger partial charge in [-0.2, -0.15) is 0 Å². The molecule has 0 aliphatic rings. The smallest absolute Gasteiger partial charge is 0.0161 e. The van der Waals surface area contributed by atoms with Crippen LogP contribution < -0.4 is 22.5 Å². The van der Waals surface area contributed by atoms with Gasteiger partial charge in [0.05, 0.1) is 0 Å². The maximum absolute atomic E-state index is 5.61. The standard InChI is InChI=1S/C18H41N3.C15H34N2/c1-2-3-4-5-6-7-8-9-10-11-16-21(17-12-14-19)18-13-15-20;1-3-4-5-6-7-8-9-10-11-12-13-17-15(2)14-16/h2-20H2,1H3;15,17H,3-14,16H2,1-2H3. The molecule has 0 saturated heterocycles. The molecule has 0 saturated carbocycles. The van der Waals surface area contributed by atoms with Crippen molar-refractivity contribution < 1.29 is 0 Å². The maximum Gasteiger partial charge on any atom is 0.0161 e. The van der Waals surface area contributed by atoms with Gasteiger partial charge in [0.25, 0.3) is 0 Å². The fourth-order valence-electron chi connectivity index (χ4n) is 4.83. The van der Waals surface area contributed by atoms with Gasteiger partial charge in [0.15, 0.2) is 0 Å². The predicted molar refractivity (Wildman–Crippen MR) is 174 cm³/mol. The van der Waals surface area contributed by atoms with Gasteiger partial charge in [0.2, 0.25) is 0 Å². The lowest BCUT2D eigenvalue weighted by Gasteiger charge is -2.21. The van der Waals surface area contributed by atoms with Crippen molar-refractivity contribution in [1.29, 1.82) is 0 Å². The molecule has 7 N–H and O–H groups in total. The number of nitrogens with zero attached hydrogens (tertiary/aromatic N) is 1. The summed E-state index contributed by atoms with van der Waals surface area (Å²) in [6, 6.07) is 0.480. The molecular weight excluding hydrogens is 466 g/mol. The Hall–Kier alpha value is -0.200. The Kier molecular flexibility index (Phi) is 38.7. The van der Waals surface area contributed by atoms with Crippen LogP contribution in [0.5, 0.6) is 0 Å². The molecule has 0 rings (SSSR count). The van der Waals surface area contributed by atoms with Crippen molar-refractivity contribution >= 4 is 0 Å². The van der Waals surface area contributed by atoms with E-state index in [-0.39, 0.29) is 0 Å². The first kappa shape index (κ1) is 39.9. The van der Waals surface area contributed by atoms with Crippen LogP contribution in [0.3, 0.4) is 0 Å². The molecule has 38 heavy (non-hydrogen) atoms. The number of rotatable bonds is 30. The minimum Gasteiger partial charge on any atom is -0.330 e. The third-order valence-corrected chi connectivity index (χ3v) is 7.56. The van der Waals surface area contributed by atoms with Crippen LogP contribution in [0.25, 0.3) is 0 Å². The Morgan fingerprint density at radius 1 is 0.474 bits per heavy atom. The van der Waals surface area contributed by atoms with Gasteiger partial charge in [-0.05, 0) is 71.9 Å². The quantitative estimate of drug-likeness (QED) is 0.0697. The summed E-state index contributed by atoms with van der Waals surface area (Å²) in [7, 11) is 0. The highest BCUT2D eigenvalue weighted by Crippen LogP contribution is 2.11. The van der Waals surface area contributed by atoms with Crippen LogP contribution in [0.4, 0.5) is 0 Å². The van der Waals surface area contributed by atoms with Gasteiger partial charge in [-0.25, -0.2) is 0 Å². The molecule has 0 radical (unpaired) electrons. The SMILES string of the molecule is CCCCCCCCCCCCN(CCCN)CCCN.CCCCCCCCCCCCNC(C)CN. The van der Waals surface area contributed by atoms with Crippen LogP contribution in [-0.2, 0) is 0 Å². The average Bonchev–Trinajstić information content (AvgIpc) is 2.93. The molecule has 5 nitrogen and oxygen atoms in total. The summed E-state index contributed by atoms with van der Waals surface area (Å²) in [5.41, 5.74) is 16.8. The van der Waals surface area contributed by atoms with E-state index in [2.05, 4.69) is 31.0 Å². The van der Waals surface area contributed by atoms with Crippen LogP contribution in [0, 0.1) is 0 Å². The van der Waals surface area contributed by atoms with Gasteiger partial charge in [0.1, 0.15) is 0 Å². The molecule has 1 unspecified atom stereocenters. The topological polar surface area (TPSA) is 93.3 Å². The zero-order valence-corrected chi connectivity index (χ0v) is 26.8. The van der Waals surface area contributed by atoms with Gasteiger partial charge in [-0.1, -0.05) is 129 Å². The van der Waals surface area contributed by atoms with E-state index in [9.17, 15) is 0 Å². The molecule has 0 aromatic carbocycles.